The summed E-state index contributed by atoms with van der Waals surface area (Å²) < 4.78 is 34.3. The zero-order valence-corrected chi connectivity index (χ0v) is 20.5. The Hall–Kier alpha value is -3.27. The summed E-state index contributed by atoms with van der Waals surface area (Å²) in [6.07, 6.45) is 1.97. The fraction of sp³-hybridized carbons (Fsp3) is 0.240. The van der Waals surface area contributed by atoms with Crippen molar-refractivity contribution in [2.24, 2.45) is 5.92 Å². The van der Waals surface area contributed by atoms with E-state index in [1.165, 1.54) is 19.5 Å². The Labute approximate surface area is 207 Å². The molecule has 2 heterocycles. The number of halogens is 1. The van der Waals surface area contributed by atoms with Gasteiger partial charge >= 0.3 is 0 Å². The lowest BCUT2D eigenvalue weighted by molar-refractivity contribution is -0.131. The normalized spacial score (nSPS) is 16.3. The SMILES string of the molecule is COc1c(S(=O)(=O)NC[C@@H]2CCN(Cc3ccc4ncnc(Cl)c4c3)C2=O)ccc2ccccc12. The number of sulfonamides is 1. The van der Waals surface area contributed by atoms with Gasteiger partial charge in [0.1, 0.15) is 22.1 Å². The average molecular weight is 511 g/mol. The molecule has 1 atom stereocenters. The molecule has 0 aliphatic carbocycles. The van der Waals surface area contributed by atoms with Crippen LogP contribution >= 0.6 is 11.6 Å². The molecule has 4 aromatic rings. The smallest absolute Gasteiger partial charge is 0.244 e. The third-order valence-electron chi connectivity index (χ3n) is 6.29. The number of rotatable bonds is 7. The molecule has 35 heavy (non-hydrogen) atoms. The highest BCUT2D eigenvalue weighted by molar-refractivity contribution is 7.89. The van der Waals surface area contributed by atoms with Crippen molar-refractivity contribution in [2.75, 3.05) is 20.2 Å². The summed E-state index contributed by atoms with van der Waals surface area (Å²) in [7, 11) is -2.44. The number of nitrogens with one attached hydrogen (secondary N) is 1. The minimum atomic E-state index is -3.89. The van der Waals surface area contributed by atoms with Gasteiger partial charge in [0, 0.05) is 30.4 Å². The maximum Gasteiger partial charge on any atom is 0.244 e. The van der Waals surface area contributed by atoms with E-state index in [0.29, 0.717) is 30.0 Å². The lowest BCUT2D eigenvalue weighted by atomic mass is 10.1. The molecule has 0 unspecified atom stereocenters. The predicted molar refractivity (Wildman–Crippen MR) is 134 cm³/mol. The van der Waals surface area contributed by atoms with Crippen molar-refractivity contribution < 1.29 is 17.9 Å². The van der Waals surface area contributed by atoms with Crippen molar-refractivity contribution >= 4 is 49.2 Å². The minimum absolute atomic E-state index is 0.0189. The van der Waals surface area contributed by atoms with Gasteiger partial charge in [-0.05, 0) is 35.6 Å². The van der Waals surface area contributed by atoms with Gasteiger partial charge in [0.15, 0.2) is 0 Å². The summed E-state index contributed by atoms with van der Waals surface area (Å²) >= 11 is 6.18. The van der Waals surface area contributed by atoms with Crippen molar-refractivity contribution in [3.8, 4) is 5.75 Å². The van der Waals surface area contributed by atoms with Gasteiger partial charge in [-0.25, -0.2) is 23.1 Å². The third kappa shape index (κ3) is 4.54. The molecule has 0 saturated carbocycles. The van der Waals surface area contributed by atoms with E-state index in [4.69, 9.17) is 16.3 Å². The number of fused-ring (bicyclic) bond motifs is 2. The number of nitrogens with zero attached hydrogens (tertiary/aromatic N) is 3. The first-order chi connectivity index (χ1) is 16.9. The van der Waals surface area contributed by atoms with E-state index in [-0.39, 0.29) is 23.1 Å². The van der Waals surface area contributed by atoms with E-state index < -0.39 is 15.9 Å². The maximum atomic E-state index is 13.1. The van der Waals surface area contributed by atoms with E-state index in [2.05, 4.69) is 14.7 Å². The fourth-order valence-corrected chi connectivity index (χ4v) is 5.93. The first-order valence-corrected chi connectivity index (χ1v) is 13.0. The van der Waals surface area contributed by atoms with Crippen LogP contribution in [0.4, 0.5) is 0 Å². The van der Waals surface area contributed by atoms with Crippen molar-refractivity contribution in [3.05, 3.63) is 71.6 Å². The molecule has 1 fully saturated rings. The highest BCUT2D eigenvalue weighted by Crippen LogP contribution is 2.33. The van der Waals surface area contributed by atoms with Crippen LogP contribution in [0.2, 0.25) is 5.15 Å². The molecule has 8 nitrogen and oxygen atoms in total. The molecule has 3 aromatic carbocycles. The molecule has 1 N–H and O–H groups in total. The molecule has 0 bridgehead atoms. The Bertz CT molecular complexity index is 1540. The molecule has 5 rings (SSSR count). The standard InChI is InChI=1S/C25H23ClN4O4S/c1-34-23-19-5-3-2-4-17(19)7-9-22(23)35(32,33)29-13-18-10-11-30(25(18)31)14-16-6-8-21-20(12-16)24(26)28-15-27-21/h2-9,12,15,18,29H,10-11,13-14H2,1H3/t18-/m0/s1. The fourth-order valence-electron chi connectivity index (χ4n) is 4.47. The van der Waals surface area contributed by atoms with Crippen LogP contribution in [-0.2, 0) is 21.4 Å². The number of carbonyl (C=O) groups is 1. The summed E-state index contributed by atoms with van der Waals surface area (Å²) in [5.74, 6) is -0.244. The lowest BCUT2D eigenvalue weighted by Gasteiger charge is -2.18. The highest BCUT2D eigenvalue weighted by Gasteiger charge is 2.33. The Morgan fingerprint density at radius 3 is 2.77 bits per heavy atom. The maximum absolute atomic E-state index is 13.1. The zero-order chi connectivity index (χ0) is 24.6. The number of likely N-dealkylation sites (tertiary alicyclic amines) is 1. The first-order valence-electron chi connectivity index (χ1n) is 11.1. The first kappa shape index (κ1) is 23.5. The molecule has 10 heteroatoms. The predicted octanol–water partition coefficient (Wildman–Crippen LogP) is 3.77. The largest absolute Gasteiger partial charge is 0.495 e. The molecule has 1 aliphatic heterocycles. The monoisotopic (exact) mass is 510 g/mol. The van der Waals surface area contributed by atoms with E-state index in [0.717, 1.165) is 21.9 Å². The average Bonchev–Trinajstić information content (AvgIpc) is 3.21. The summed E-state index contributed by atoms with van der Waals surface area (Å²) in [6, 6.07) is 16.3. The molecule has 1 amide bonds. The van der Waals surface area contributed by atoms with Crippen molar-refractivity contribution in [2.45, 2.75) is 17.9 Å². The summed E-state index contributed by atoms with van der Waals surface area (Å²) in [4.78, 5) is 23.0. The van der Waals surface area contributed by atoms with Crippen LogP contribution in [0, 0.1) is 5.92 Å². The quantitative estimate of drug-likeness (QED) is 0.380. The van der Waals surface area contributed by atoms with E-state index in [9.17, 15) is 13.2 Å². The van der Waals surface area contributed by atoms with Gasteiger partial charge in [0.25, 0.3) is 0 Å². The second-order valence-electron chi connectivity index (χ2n) is 8.43. The molecule has 0 spiro atoms. The van der Waals surface area contributed by atoms with Gasteiger partial charge in [0.2, 0.25) is 15.9 Å². The number of ether oxygens (including phenoxy) is 1. The van der Waals surface area contributed by atoms with E-state index in [1.54, 1.807) is 11.0 Å². The van der Waals surface area contributed by atoms with Crippen LogP contribution in [-0.4, -0.2) is 49.4 Å². The number of benzene rings is 3. The third-order valence-corrected chi connectivity index (χ3v) is 8.04. The molecule has 180 valence electrons. The van der Waals surface area contributed by atoms with Gasteiger partial charge in [-0.3, -0.25) is 4.79 Å². The van der Waals surface area contributed by atoms with Crippen LogP contribution in [0.1, 0.15) is 12.0 Å². The van der Waals surface area contributed by atoms with Crippen LogP contribution in [0.25, 0.3) is 21.7 Å². The van der Waals surface area contributed by atoms with Gasteiger partial charge < -0.3 is 9.64 Å². The minimum Gasteiger partial charge on any atom is -0.495 e. The molecule has 1 aliphatic rings. The van der Waals surface area contributed by atoms with Crippen LogP contribution in [0.15, 0.2) is 65.8 Å². The number of hydrogen-bond acceptors (Lipinski definition) is 6. The van der Waals surface area contributed by atoms with Gasteiger partial charge in [0.05, 0.1) is 18.5 Å². The van der Waals surface area contributed by atoms with Crippen LogP contribution < -0.4 is 9.46 Å². The number of aromatic nitrogens is 2. The number of amides is 1. The Morgan fingerprint density at radius 1 is 1.11 bits per heavy atom. The van der Waals surface area contributed by atoms with Crippen LogP contribution in [0.3, 0.4) is 0 Å². The van der Waals surface area contributed by atoms with Crippen molar-refractivity contribution in [1.82, 2.24) is 19.6 Å². The topological polar surface area (TPSA) is 101 Å². The summed E-state index contributed by atoms with van der Waals surface area (Å²) in [6.45, 7) is 0.967. The summed E-state index contributed by atoms with van der Waals surface area (Å²) in [5, 5.41) is 2.68. The Balaban J connectivity index is 1.28. The van der Waals surface area contributed by atoms with Gasteiger partial charge in [-0.2, -0.15) is 0 Å². The summed E-state index contributed by atoms with van der Waals surface area (Å²) in [5.41, 5.74) is 1.64. The molecular weight excluding hydrogens is 488 g/mol. The Morgan fingerprint density at radius 2 is 1.94 bits per heavy atom. The molecular formula is C25H23ClN4O4S. The van der Waals surface area contributed by atoms with Crippen molar-refractivity contribution in [3.63, 3.8) is 0 Å². The molecule has 1 saturated heterocycles. The number of methoxy groups -OCH3 is 1. The van der Waals surface area contributed by atoms with E-state index in [1.807, 2.05) is 42.5 Å². The molecule has 0 radical (unpaired) electrons. The Kier molecular flexibility index (Phi) is 6.31. The second kappa shape index (κ2) is 9.41. The number of carbonyl (C=O) groups excluding carboxylic acids is 1. The number of hydrogen-bond donors (Lipinski definition) is 1. The van der Waals surface area contributed by atoms with Crippen LogP contribution in [0.5, 0.6) is 5.75 Å². The molecule has 1 aromatic heterocycles. The second-order valence-corrected chi connectivity index (χ2v) is 10.5. The zero-order valence-electron chi connectivity index (χ0n) is 18.9. The van der Waals surface area contributed by atoms with E-state index >= 15 is 0 Å². The van der Waals surface area contributed by atoms with Gasteiger partial charge in [-0.15, -0.1) is 0 Å². The lowest BCUT2D eigenvalue weighted by Crippen LogP contribution is -2.34. The van der Waals surface area contributed by atoms with Crippen molar-refractivity contribution in [1.29, 1.82) is 0 Å². The highest BCUT2D eigenvalue weighted by atomic mass is 35.5. The van der Waals surface area contributed by atoms with Gasteiger partial charge in [-0.1, -0.05) is 48.0 Å².